The van der Waals surface area contributed by atoms with Gasteiger partial charge in [-0.05, 0) is 70.4 Å². The highest BCUT2D eigenvalue weighted by atomic mass is 19.1. The molecular formula is C18H28F2N4. The Labute approximate surface area is 143 Å². The number of rotatable bonds is 8. The van der Waals surface area contributed by atoms with E-state index in [1.54, 1.807) is 0 Å². The largest absolute Gasteiger partial charge is 0.357 e. The molecule has 2 rings (SSSR count). The highest BCUT2D eigenvalue weighted by Gasteiger charge is 2.10. The van der Waals surface area contributed by atoms with Gasteiger partial charge in [0.2, 0.25) is 0 Å². The quantitative estimate of drug-likeness (QED) is 0.435. The van der Waals surface area contributed by atoms with Gasteiger partial charge in [0.15, 0.2) is 5.96 Å². The molecule has 1 aromatic rings. The normalized spacial score (nSPS) is 15.7. The Bertz CT molecular complexity index is 528. The number of halogens is 2. The average molecular weight is 338 g/mol. The average Bonchev–Trinajstić information content (AvgIpc) is 3.08. The molecule has 4 nitrogen and oxygen atoms in total. The first kappa shape index (κ1) is 18.6. The summed E-state index contributed by atoms with van der Waals surface area (Å²) < 4.78 is 26.8. The molecule has 0 spiro atoms. The Hall–Kier alpha value is -1.69. The first-order valence-corrected chi connectivity index (χ1v) is 8.87. The van der Waals surface area contributed by atoms with Gasteiger partial charge in [-0.1, -0.05) is 0 Å². The van der Waals surface area contributed by atoms with Gasteiger partial charge in [0.1, 0.15) is 11.6 Å². The molecule has 0 radical (unpaired) electrons. The summed E-state index contributed by atoms with van der Waals surface area (Å²) in [4.78, 5) is 6.84. The lowest BCUT2D eigenvalue weighted by Gasteiger charge is -2.15. The molecule has 0 unspecified atom stereocenters. The fourth-order valence-corrected chi connectivity index (χ4v) is 2.84. The van der Waals surface area contributed by atoms with E-state index in [1.807, 2.05) is 6.92 Å². The smallest absolute Gasteiger partial charge is 0.191 e. The predicted octanol–water partition coefficient (Wildman–Crippen LogP) is 2.90. The van der Waals surface area contributed by atoms with Crippen LogP contribution in [0.4, 0.5) is 8.78 Å². The zero-order valence-electron chi connectivity index (χ0n) is 14.5. The van der Waals surface area contributed by atoms with E-state index in [2.05, 4.69) is 20.5 Å². The molecule has 6 heteroatoms. The SMILES string of the molecule is CCNC(=NCc1cc(F)ccc1F)NCCCCN1CCCC1. The van der Waals surface area contributed by atoms with Crippen LogP contribution >= 0.6 is 0 Å². The van der Waals surface area contributed by atoms with Crippen LogP contribution in [0.1, 0.15) is 38.2 Å². The first-order valence-electron chi connectivity index (χ1n) is 8.87. The van der Waals surface area contributed by atoms with E-state index in [4.69, 9.17) is 0 Å². The van der Waals surface area contributed by atoms with Crippen molar-refractivity contribution in [3.63, 3.8) is 0 Å². The topological polar surface area (TPSA) is 39.7 Å². The van der Waals surface area contributed by atoms with E-state index in [-0.39, 0.29) is 12.1 Å². The van der Waals surface area contributed by atoms with Crippen molar-refractivity contribution >= 4 is 5.96 Å². The van der Waals surface area contributed by atoms with E-state index in [0.717, 1.165) is 44.6 Å². The van der Waals surface area contributed by atoms with Crippen molar-refractivity contribution in [2.75, 3.05) is 32.7 Å². The van der Waals surface area contributed by atoms with Gasteiger partial charge < -0.3 is 15.5 Å². The standard InChI is InChI=1S/C18H28F2N4/c1-2-21-18(22-9-3-4-10-24-11-5-6-12-24)23-14-15-13-16(19)7-8-17(15)20/h7-8,13H,2-6,9-12,14H2,1H3,(H2,21,22,23). The molecule has 24 heavy (non-hydrogen) atoms. The first-order chi connectivity index (χ1) is 11.7. The lowest BCUT2D eigenvalue weighted by molar-refractivity contribution is 0.330. The fourth-order valence-electron chi connectivity index (χ4n) is 2.84. The number of benzene rings is 1. The van der Waals surface area contributed by atoms with Gasteiger partial charge >= 0.3 is 0 Å². The second-order valence-corrected chi connectivity index (χ2v) is 6.11. The minimum atomic E-state index is -0.443. The Morgan fingerprint density at radius 2 is 1.96 bits per heavy atom. The Morgan fingerprint density at radius 3 is 2.71 bits per heavy atom. The minimum Gasteiger partial charge on any atom is -0.357 e. The van der Waals surface area contributed by atoms with Gasteiger partial charge in [-0.2, -0.15) is 0 Å². The van der Waals surface area contributed by atoms with Crippen LogP contribution < -0.4 is 10.6 Å². The van der Waals surface area contributed by atoms with Crippen LogP contribution in [-0.2, 0) is 6.54 Å². The lowest BCUT2D eigenvalue weighted by Crippen LogP contribution is -2.38. The summed E-state index contributed by atoms with van der Waals surface area (Å²) in [5.74, 6) is -0.231. The molecule has 0 aromatic heterocycles. The molecule has 0 amide bonds. The van der Waals surface area contributed by atoms with Crippen molar-refractivity contribution in [1.82, 2.24) is 15.5 Å². The fraction of sp³-hybridized carbons (Fsp3) is 0.611. The number of unbranched alkanes of at least 4 members (excludes halogenated alkanes) is 1. The van der Waals surface area contributed by atoms with Crippen molar-refractivity contribution in [1.29, 1.82) is 0 Å². The van der Waals surface area contributed by atoms with Crippen molar-refractivity contribution in [2.24, 2.45) is 4.99 Å². The summed E-state index contributed by atoms with van der Waals surface area (Å²) in [5, 5.41) is 6.39. The number of hydrogen-bond donors (Lipinski definition) is 2. The zero-order valence-corrected chi connectivity index (χ0v) is 14.5. The van der Waals surface area contributed by atoms with E-state index >= 15 is 0 Å². The highest BCUT2D eigenvalue weighted by Crippen LogP contribution is 2.11. The van der Waals surface area contributed by atoms with Crippen molar-refractivity contribution in [2.45, 2.75) is 39.2 Å². The molecular weight excluding hydrogens is 310 g/mol. The third-order valence-corrected chi connectivity index (χ3v) is 4.15. The number of likely N-dealkylation sites (tertiary alicyclic amines) is 1. The van der Waals surface area contributed by atoms with Crippen LogP contribution in [0.2, 0.25) is 0 Å². The maximum absolute atomic E-state index is 13.6. The molecule has 0 bridgehead atoms. The molecule has 0 saturated carbocycles. The third-order valence-electron chi connectivity index (χ3n) is 4.15. The molecule has 1 heterocycles. The van der Waals surface area contributed by atoms with Crippen molar-refractivity contribution in [3.8, 4) is 0 Å². The van der Waals surface area contributed by atoms with E-state index < -0.39 is 11.6 Å². The van der Waals surface area contributed by atoms with Crippen LogP contribution in [-0.4, -0.2) is 43.6 Å². The summed E-state index contributed by atoms with van der Waals surface area (Å²) in [6.07, 6.45) is 4.87. The zero-order chi connectivity index (χ0) is 17.2. The highest BCUT2D eigenvalue weighted by molar-refractivity contribution is 5.79. The number of nitrogens with one attached hydrogen (secondary N) is 2. The molecule has 134 valence electrons. The van der Waals surface area contributed by atoms with Crippen LogP contribution in [0.25, 0.3) is 0 Å². The Morgan fingerprint density at radius 1 is 1.17 bits per heavy atom. The number of aliphatic imine (C=N–C) groups is 1. The van der Waals surface area contributed by atoms with Crippen LogP contribution in [0.5, 0.6) is 0 Å². The molecule has 0 aliphatic carbocycles. The van der Waals surface area contributed by atoms with Gasteiger partial charge in [-0.3, -0.25) is 0 Å². The van der Waals surface area contributed by atoms with Gasteiger partial charge in [0.25, 0.3) is 0 Å². The summed E-state index contributed by atoms with van der Waals surface area (Å²) in [7, 11) is 0. The van der Waals surface area contributed by atoms with Crippen molar-refractivity contribution in [3.05, 3.63) is 35.4 Å². The summed E-state index contributed by atoms with van der Waals surface area (Å²) in [6.45, 7) is 7.27. The summed E-state index contributed by atoms with van der Waals surface area (Å²) >= 11 is 0. The molecule has 1 aliphatic rings. The molecule has 1 aromatic carbocycles. The van der Waals surface area contributed by atoms with E-state index in [1.165, 1.54) is 32.0 Å². The predicted molar refractivity (Wildman–Crippen MR) is 94.1 cm³/mol. The number of hydrogen-bond acceptors (Lipinski definition) is 2. The van der Waals surface area contributed by atoms with E-state index in [9.17, 15) is 8.78 Å². The summed E-state index contributed by atoms with van der Waals surface area (Å²) in [6, 6.07) is 3.45. The second kappa shape index (κ2) is 10.2. The van der Waals surface area contributed by atoms with Crippen LogP contribution in [0.3, 0.4) is 0 Å². The van der Waals surface area contributed by atoms with Crippen LogP contribution in [0, 0.1) is 11.6 Å². The van der Waals surface area contributed by atoms with Crippen molar-refractivity contribution < 1.29 is 8.78 Å². The Balaban J connectivity index is 1.74. The van der Waals surface area contributed by atoms with Gasteiger partial charge in [-0.25, -0.2) is 13.8 Å². The van der Waals surface area contributed by atoms with Gasteiger partial charge in [0.05, 0.1) is 6.54 Å². The van der Waals surface area contributed by atoms with Gasteiger partial charge in [0, 0.05) is 18.7 Å². The second-order valence-electron chi connectivity index (χ2n) is 6.11. The molecule has 1 fully saturated rings. The molecule has 0 atom stereocenters. The van der Waals surface area contributed by atoms with Gasteiger partial charge in [-0.15, -0.1) is 0 Å². The number of guanidine groups is 1. The lowest BCUT2D eigenvalue weighted by atomic mass is 10.2. The van der Waals surface area contributed by atoms with E-state index in [0.29, 0.717) is 5.96 Å². The summed E-state index contributed by atoms with van der Waals surface area (Å²) in [5.41, 5.74) is 0.265. The number of nitrogens with zero attached hydrogens (tertiary/aromatic N) is 2. The minimum absolute atomic E-state index is 0.118. The maximum Gasteiger partial charge on any atom is 0.191 e. The monoisotopic (exact) mass is 338 g/mol. The molecule has 1 aliphatic heterocycles. The third kappa shape index (κ3) is 6.43. The Kier molecular flexibility index (Phi) is 7.95. The van der Waals surface area contributed by atoms with Crippen LogP contribution in [0.15, 0.2) is 23.2 Å². The maximum atomic E-state index is 13.6. The molecule has 2 N–H and O–H groups in total. The molecule has 1 saturated heterocycles.